The lowest BCUT2D eigenvalue weighted by atomic mass is 10.1. The molecule has 3 aromatic rings. The Balaban J connectivity index is 1.75. The normalized spacial score (nSPS) is 10.3. The van der Waals surface area contributed by atoms with Gasteiger partial charge in [-0.3, -0.25) is 14.6 Å². The van der Waals surface area contributed by atoms with Crippen molar-refractivity contribution in [2.75, 3.05) is 10.6 Å². The molecule has 0 unspecified atom stereocenters. The van der Waals surface area contributed by atoms with Crippen molar-refractivity contribution in [1.82, 2.24) is 4.98 Å². The first-order chi connectivity index (χ1) is 12.9. The summed E-state index contributed by atoms with van der Waals surface area (Å²) < 4.78 is 26.6. The number of nitrogens with zero attached hydrogens (tertiary/aromatic N) is 1. The van der Waals surface area contributed by atoms with Crippen molar-refractivity contribution < 1.29 is 18.4 Å². The SMILES string of the molecule is O=C(Nc1ccc(Cl)cc1)c1cncc(C(=O)Nc2ccc(F)cc2F)c1. The molecule has 3 rings (SSSR count). The summed E-state index contributed by atoms with van der Waals surface area (Å²) in [5.41, 5.74) is 0.518. The summed E-state index contributed by atoms with van der Waals surface area (Å²) >= 11 is 5.79. The fourth-order valence-corrected chi connectivity index (χ4v) is 2.34. The van der Waals surface area contributed by atoms with Crippen molar-refractivity contribution in [3.05, 3.63) is 88.7 Å². The highest BCUT2D eigenvalue weighted by Gasteiger charge is 2.14. The number of rotatable bonds is 4. The Morgan fingerprint density at radius 1 is 0.852 bits per heavy atom. The van der Waals surface area contributed by atoms with Gasteiger partial charge >= 0.3 is 0 Å². The average molecular weight is 388 g/mol. The van der Waals surface area contributed by atoms with E-state index in [2.05, 4.69) is 15.6 Å². The molecule has 1 aromatic heterocycles. The molecule has 136 valence electrons. The highest BCUT2D eigenvalue weighted by Crippen LogP contribution is 2.17. The van der Waals surface area contributed by atoms with Gasteiger partial charge in [0.05, 0.1) is 16.8 Å². The van der Waals surface area contributed by atoms with E-state index < -0.39 is 23.4 Å². The van der Waals surface area contributed by atoms with Gasteiger partial charge in [0.15, 0.2) is 0 Å². The molecule has 1 heterocycles. The van der Waals surface area contributed by atoms with Gasteiger partial charge in [-0.05, 0) is 42.5 Å². The van der Waals surface area contributed by atoms with Crippen LogP contribution in [-0.4, -0.2) is 16.8 Å². The highest BCUT2D eigenvalue weighted by atomic mass is 35.5. The van der Waals surface area contributed by atoms with Gasteiger partial charge in [-0.25, -0.2) is 8.78 Å². The second-order valence-corrected chi connectivity index (χ2v) is 5.94. The number of halogens is 3. The maximum absolute atomic E-state index is 13.7. The summed E-state index contributed by atoms with van der Waals surface area (Å²) in [5.74, 6) is -2.83. The number of amides is 2. The van der Waals surface area contributed by atoms with Crippen molar-refractivity contribution in [2.24, 2.45) is 0 Å². The lowest BCUT2D eigenvalue weighted by Gasteiger charge is -2.08. The van der Waals surface area contributed by atoms with Gasteiger partial charge in [-0.15, -0.1) is 0 Å². The molecule has 0 aliphatic carbocycles. The fraction of sp³-hybridized carbons (Fsp3) is 0. The number of anilines is 2. The number of aromatic nitrogens is 1. The molecular formula is C19H12ClF2N3O2. The van der Waals surface area contributed by atoms with Crippen molar-refractivity contribution >= 4 is 34.8 Å². The third kappa shape index (κ3) is 4.65. The molecule has 27 heavy (non-hydrogen) atoms. The van der Waals surface area contributed by atoms with Crippen LogP contribution in [0.3, 0.4) is 0 Å². The third-order valence-corrected chi connectivity index (χ3v) is 3.80. The summed E-state index contributed by atoms with van der Waals surface area (Å²) in [6.07, 6.45) is 2.52. The Kier molecular flexibility index (Phi) is 5.42. The van der Waals surface area contributed by atoms with Gasteiger partial charge in [-0.1, -0.05) is 11.6 Å². The lowest BCUT2D eigenvalue weighted by molar-refractivity contribution is 0.102. The van der Waals surface area contributed by atoms with Crippen LogP contribution in [0.2, 0.25) is 5.02 Å². The van der Waals surface area contributed by atoms with Crippen LogP contribution in [-0.2, 0) is 0 Å². The smallest absolute Gasteiger partial charge is 0.257 e. The molecule has 0 aliphatic rings. The van der Waals surface area contributed by atoms with Crippen molar-refractivity contribution in [3.63, 3.8) is 0 Å². The van der Waals surface area contributed by atoms with Crippen molar-refractivity contribution in [2.45, 2.75) is 0 Å². The van der Waals surface area contributed by atoms with E-state index in [-0.39, 0.29) is 16.8 Å². The number of hydrogen-bond acceptors (Lipinski definition) is 3. The predicted molar refractivity (Wildman–Crippen MR) is 98.0 cm³/mol. The number of nitrogens with one attached hydrogen (secondary N) is 2. The number of carbonyl (C=O) groups is 2. The molecule has 0 fully saturated rings. The first kappa shape index (κ1) is 18.5. The van der Waals surface area contributed by atoms with E-state index in [0.717, 1.165) is 12.1 Å². The molecule has 8 heteroatoms. The van der Waals surface area contributed by atoms with E-state index in [1.807, 2.05) is 0 Å². The topological polar surface area (TPSA) is 71.1 Å². The van der Waals surface area contributed by atoms with E-state index >= 15 is 0 Å². The maximum atomic E-state index is 13.7. The molecule has 0 aliphatic heterocycles. The van der Waals surface area contributed by atoms with Crippen LogP contribution in [0, 0.1) is 11.6 Å². The highest BCUT2D eigenvalue weighted by molar-refractivity contribution is 6.30. The molecule has 0 bridgehead atoms. The van der Waals surface area contributed by atoms with Gasteiger partial charge < -0.3 is 10.6 Å². The number of carbonyl (C=O) groups excluding carboxylic acids is 2. The maximum Gasteiger partial charge on any atom is 0.257 e. The average Bonchev–Trinajstić information content (AvgIpc) is 2.66. The van der Waals surface area contributed by atoms with Gasteiger partial charge in [0.25, 0.3) is 11.8 Å². The van der Waals surface area contributed by atoms with E-state index in [9.17, 15) is 18.4 Å². The van der Waals surface area contributed by atoms with Gasteiger partial charge in [0.2, 0.25) is 0 Å². The van der Waals surface area contributed by atoms with E-state index in [0.29, 0.717) is 16.8 Å². The zero-order valence-electron chi connectivity index (χ0n) is 13.7. The summed E-state index contributed by atoms with van der Waals surface area (Å²) in [5, 5.41) is 5.48. The van der Waals surface area contributed by atoms with Crippen molar-refractivity contribution in [1.29, 1.82) is 0 Å². The molecule has 0 saturated carbocycles. The zero-order chi connectivity index (χ0) is 19.4. The monoisotopic (exact) mass is 387 g/mol. The Hall–Kier alpha value is -3.32. The molecule has 0 saturated heterocycles. The van der Waals surface area contributed by atoms with Crippen LogP contribution in [0.1, 0.15) is 20.7 Å². The fourth-order valence-electron chi connectivity index (χ4n) is 2.21. The molecule has 2 amide bonds. The molecule has 0 atom stereocenters. The standard InChI is InChI=1S/C19H12ClF2N3O2/c20-13-1-4-15(5-2-13)24-18(26)11-7-12(10-23-9-11)19(27)25-17-6-3-14(21)8-16(17)22/h1-10H,(H,24,26)(H,25,27). The van der Waals surface area contributed by atoms with Crippen LogP contribution < -0.4 is 10.6 Å². The van der Waals surface area contributed by atoms with Crippen LogP contribution in [0.25, 0.3) is 0 Å². The second kappa shape index (κ2) is 7.92. The van der Waals surface area contributed by atoms with Crippen LogP contribution in [0.15, 0.2) is 60.9 Å². The minimum absolute atomic E-state index is 0.0440. The molecule has 2 N–H and O–H groups in total. The number of benzene rings is 2. The van der Waals surface area contributed by atoms with E-state index in [4.69, 9.17) is 11.6 Å². The minimum Gasteiger partial charge on any atom is -0.322 e. The lowest BCUT2D eigenvalue weighted by Crippen LogP contribution is -2.16. The Labute approximate surface area is 158 Å². The summed E-state index contributed by atoms with van der Waals surface area (Å²) in [6, 6.07) is 10.6. The molecule has 2 aromatic carbocycles. The Bertz CT molecular complexity index is 1010. The van der Waals surface area contributed by atoms with Gasteiger partial charge in [-0.2, -0.15) is 0 Å². The predicted octanol–water partition coefficient (Wildman–Crippen LogP) is 4.52. The minimum atomic E-state index is -0.909. The Morgan fingerprint density at radius 3 is 2.11 bits per heavy atom. The third-order valence-electron chi connectivity index (χ3n) is 3.54. The molecular weight excluding hydrogens is 376 g/mol. The van der Waals surface area contributed by atoms with Gasteiger partial charge in [0.1, 0.15) is 11.6 Å². The largest absolute Gasteiger partial charge is 0.322 e. The second-order valence-electron chi connectivity index (χ2n) is 5.50. The molecule has 5 nitrogen and oxygen atoms in total. The van der Waals surface area contributed by atoms with Crippen LogP contribution >= 0.6 is 11.6 Å². The molecule has 0 spiro atoms. The van der Waals surface area contributed by atoms with Gasteiger partial charge in [0, 0.05) is 29.2 Å². The first-order valence-electron chi connectivity index (χ1n) is 7.71. The quantitative estimate of drug-likeness (QED) is 0.691. The summed E-state index contributed by atoms with van der Waals surface area (Å²) in [4.78, 5) is 28.4. The molecule has 0 radical (unpaired) electrons. The first-order valence-corrected chi connectivity index (χ1v) is 8.08. The Morgan fingerprint density at radius 2 is 1.48 bits per heavy atom. The summed E-state index contributed by atoms with van der Waals surface area (Å²) in [6.45, 7) is 0. The summed E-state index contributed by atoms with van der Waals surface area (Å²) in [7, 11) is 0. The van der Waals surface area contributed by atoms with Crippen LogP contribution in [0.5, 0.6) is 0 Å². The number of pyridine rings is 1. The van der Waals surface area contributed by atoms with Crippen LogP contribution in [0.4, 0.5) is 20.2 Å². The van der Waals surface area contributed by atoms with E-state index in [1.54, 1.807) is 24.3 Å². The number of hydrogen-bond donors (Lipinski definition) is 2. The van der Waals surface area contributed by atoms with Crippen molar-refractivity contribution in [3.8, 4) is 0 Å². The van der Waals surface area contributed by atoms with E-state index in [1.165, 1.54) is 18.5 Å². The zero-order valence-corrected chi connectivity index (χ0v) is 14.4.